The Bertz CT molecular complexity index is 314. The van der Waals surface area contributed by atoms with Crippen LogP contribution in [0.15, 0.2) is 18.2 Å². The van der Waals surface area contributed by atoms with Crippen molar-refractivity contribution >= 4 is 12.1 Å². The van der Waals surface area contributed by atoms with Gasteiger partial charge in [-0.25, -0.2) is 8.78 Å². The molecule has 0 spiro atoms. The van der Waals surface area contributed by atoms with Gasteiger partial charge < -0.3 is 0 Å². The van der Waals surface area contributed by atoms with Crippen LogP contribution in [-0.2, 0) is 4.79 Å². The maximum atomic E-state index is 12.4. The quantitative estimate of drug-likeness (QED) is 0.381. The fraction of sp³-hybridized carbons (Fsp3) is 0. The Hall–Kier alpha value is -1.58. The zero-order valence-electron chi connectivity index (χ0n) is 5.88. The molecule has 1 rings (SSSR count). The molecule has 0 aliphatic rings. The van der Waals surface area contributed by atoms with E-state index in [1.807, 2.05) is 0 Å². The molecule has 0 aromatic heterocycles. The Kier molecular flexibility index (Phi) is 2.28. The van der Waals surface area contributed by atoms with Crippen molar-refractivity contribution < 1.29 is 18.4 Å². The van der Waals surface area contributed by atoms with E-state index in [2.05, 4.69) is 0 Å². The molecule has 0 radical (unpaired) electrons. The van der Waals surface area contributed by atoms with Gasteiger partial charge in [0.25, 0.3) is 0 Å². The highest BCUT2D eigenvalue weighted by molar-refractivity contribution is 6.33. The van der Waals surface area contributed by atoms with Gasteiger partial charge in [-0.1, -0.05) is 0 Å². The van der Waals surface area contributed by atoms with Crippen molar-refractivity contribution in [2.45, 2.75) is 0 Å². The third kappa shape index (κ3) is 1.72. The molecular weight excluding hydrogens is 166 g/mol. The fourth-order valence-corrected chi connectivity index (χ4v) is 0.764. The van der Waals surface area contributed by atoms with Crippen LogP contribution < -0.4 is 0 Å². The molecule has 0 saturated carbocycles. The molecule has 4 heteroatoms. The maximum absolute atomic E-state index is 12.4. The van der Waals surface area contributed by atoms with E-state index in [1.165, 1.54) is 0 Å². The Morgan fingerprint density at radius 3 is 2.08 bits per heavy atom. The average molecular weight is 170 g/mol. The molecule has 0 heterocycles. The second kappa shape index (κ2) is 3.21. The predicted molar refractivity (Wildman–Crippen MR) is 36.8 cm³/mol. The van der Waals surface area contributed by atoms with E-state index in [-0.39, 0.29) is 11.8 Å². The summed E-state index contributed by atoms with van der Waals surface area (Å²) < 4.78 is 24.8. The van der Waals surface area contributed by atoms with E-state index >= 15 is 0 Å². The van der Waals surface area contributed by atoms with Crippen LogP contribution in [0.2, 0.25) is 0 Å². The highest BCUT2D eigenvalue weighted by Crippen LogP contribution is 2.07. The molecule has 0 fully saturated rings. The van der Waals surface area contributed by atoms with Crippen LogP contribution in [0.4, 0.5) is 8.78 Å². The maximum Gasteiger partial charge on any atom is 0.225 e. The van der Waals surface area contributed by atoms with Gasteiger partial charge in [-0.15, -0.1) is 0 Å². The number of carbonyl (C=O) groups is 2. The van der Waals surface area contributed by atoms with E-state index in [0.717, 1.165) is 12.1 Å². The Balaban J connectivity index is 3.17. The Morgan fingerprint density at radius 2 is 1.67 bits per heavy atom. The normalized spacial score (nSPS) is 9.50. The molecule has 1 aromatic carbocycles. The first kappa shape index (κ1) is 8.52. The molecule has 0 unspecified atom stereocenters. The van der Waals surface area contributed by atoms with E-state index in [0.29, 0.717) is 6.07 Å². The monoisotopic (exact) mass is 170 g/mol. The van der Waals surface area contributed by atoms with Gasteiger partial charge in [0, 0.05) is 11.6 Å². The number of halogens is 2. The summed E-state index contributed by atoms with van der Waals surface area (Å²) in [7, 11) is 0. The fourth-order valence-electron chi connectivity index (χ4n) is 0.764. The summed E-state index contributed by atoms with van der Waals surface area (Å²) in [5, 5.41) is 0. The first-order valence-electron chi connectivity index (χ1n) is 3.09. The van der Waals surface area contributed by atoms with Crippen molar-refractivity contribution in [3.8, 4) is 0 Å². The molecule has 2 nitrogen and oxygen atoms in total. The molecule has 0 aliphatic heterocycles. The lowest BCUT2D eigenvalue weighted by Crippen LogP contribution is -2.00. The van der Waals surface area contributed by atoms with Gasteiger partial charge in [-0.2, -0.15) is 0 Å². The summed E-state index contributed by atoms with van der Waals surface area (Å²) in [6, 6.07) is 2.24. The number of hydrogen-bond acceptors (Lipinski definition) is 2. The second-order valence-electron chi connectivity index (χ2n) is 2.14. The van der Waals surface area contributed by atoms with E-state index in [4.69, 9.17) is 0 Å². The number of hydrogen-bond donors (Lipinski definition) is 0. The standard InChI is InChI=1S/C8H4F2O2/c9-6-1-5(8(12)4-11)2-7(10)3-6/h1-4H. The summed E-state index contributed by atoms with van der Waals surface area (Å²) in [4.78, 5) is 20.5. The van der Waals surface area contributed by atoms with E-state index < -0.39 is 17.4 Å². The molecule has 0 saturated heterocycles. The van der Waals surface area contributed by atoms with Crippen molar-refractivity contribution in [3.63, 3.8) is 0 Å². The van der Waals surface area contributed by atoms with Crippen LogP contribution in [0.25, 0.3) is 0 Å². The number of aldehydes is 1. The van der Waals surface area contributed by atoms with E-state index in [9.17, 15) is 18.4 Å². The lowest BCUT2D eigenvalue weighted by atomic mass is 10.1. The van der Waals surface area contributed by atoms with Crippen molar-refractivity contribution in [3.05, 3.63) is 35.4 Å². The molecular formula is C8H4F2O2. The molecule has 0 aliphatic carbocycles. The number of rotatable bonds is 2. The Morgan fingerprint density at radius 1 is 1.17 bits per heavy atom. The van der Waals surface area contributed by atoms with E-state index in [1.54, 1.807) is 0 Å². The highest BCUT2D eigenvalue weighted by atomic mass is 19.1. The van der Waals surface area contributed by atoms with Crippen LogP contribution in [0, 0.1) is 11.6 Å². The molecule has 12 heavy (non-hydrogen) atoms. The zero-order chi connectivity index (χ0) is 9.14. The van der Waals surface area contributed by atoms with Gasteiger partial charge >= 0.3 is 0 Å². The predicted octanol–water partition coefficient (Wildman–Crippen LogP) is 1.35. The molecule has 1 aromatic rings. The summed E-state index contributed by atoms with van der Waals surface area (Å²) >= 11 is 0. The third-order valence-electron chi connectivity index (χ3n) is 1.25. The lowest BCUT2D eigenvalue weighted by molar-refractivity contribution is -0.104. The van der Waals surface area contributed by atoms with Crippen molar-refractivity contribution in [2.24, 2.45) is 0 Å². The minimum atomic E-state index is -0.937. The van der Waals surface area contributed by atoms with Crippen molar-refractivity contribution in [1.82, 2.24) is 0 Å². The summed E-state index contributed by atoms with van der Waals surface area (Å²) in [6.45, 7) is 0. The zero-order valence-corrected chi connectivity index (χ0v) is 5.88. The lowest BCUT2D eigenvalue weighted by Gasteiger charge is -1.94. The van der Waals surface area contributed by atoms with Gasteiger partial charge in [-0.3, -0.25) is 9.59 Å². The van der Waals surface area contributed by atoms with Crippen LogP contribution in [-0.4, -0.2) is 12.1 Å². The minimum Gasteiger partial charge on any atom is -0.294 e. The average Bonchev–Trinajstić information content (AvgIpc) is 2.01. The Labute approximate surface area is 66.8 Å². The van der Waals surface area contributed by atoms with Gasteiger partial charge in [0.05, 0.1) is 0 Å². The van der Waals surface area contributed by atoms with Gasteiger partial charge in [0.2, 0.25) is 5.78 Å². The topological polar surface area (TPSA) is 34.1 Å². The van der Waals surface area contributed by atoms with Crippen molar-refractivity contribution in [1.29, 1.82) is 0 Å². The third-order valence-corrected chi connectivity index (χ3v) is 1.25. The van der Waals surface area contributed by atoms with Crippen LogP contribution >= 0.6 is 0 Å². The van der Waals surface area contributed by atoms with Crippen LogP contribution in [0.3, 0.4) is 0 Å². The van der Waals surface area contributed by atoms with Gasteiger partial charge in [0.15, 0.2) is 6.29 Å². The van der Waals surface area contributed by atoms with Crippen LogP contribution in [0.1, 0.15) is 10.4 Å². The minimum absolute atomic E-state index is 0.00815. The summed E-state index contributed by atoms with van der Waals surface area (Å²) in [5.74, 6) is -2.69. The first-order valence-corrected chi connectivity index (χ1v) is 3.09. The first-order chi connectivity index (χ1) is 5.63. The van der Waals surface area contributed by atoms with Gasteiger partial charge in [-0.05, 0) is 12.1 Å². The number of benzene rings is 1. The SMILES string of the molecule is O=CC(=O)c1cc(F)cc(F)c1. The van der Waals surface area contributed by atoms with Gasteiger partial charge in [0.1, 0.15) is 11.6 Å². The van der Waals surface area contributed by atoms with Crippen molar-refractivity contribution in [2.75, 3.05) is 0 Å². The molecule has 0 N–H and O–H groups in total. The molecule has 0 atom stereocenters. The summed E-state index contributed by atoms with van der Waals surface area (Å²) in [5.41, 5.74) is -0.275. The summed E-state index contributed by atoms with van der Waals surface area (Å²) in [6.07, 6.45) is 0.00815. The molecule has 62 valence electrons. The number of carbonyl (C=O) groups excluding carboxylic acids is 2. The highest BCUT2D eigenvalue weighted by Gasteiger charge is 2.06. The largest absolute Gasteiger partial charge is 0.294 e. The number of Topliss-reactive ketones (excluding diaryl/α,β-unsaturated/α-hetero) is 1. The molecule has 0 amide bonds. The molecule has 0 bridgehead atoms. The smallest absolute Gasteiger partial charge is 0.225 e. The second-order valence-corrected chi connectivity index (χ2v) is 2.14. The van der Waals surface area contributed by atoms with Crippen LogP contribution in [0.5, 0.6) is 0 Å². The number of ketones is 1.